The van der Waals surface area contributed by atoms with Crippen molar-refractivity contribution in [2.45, 2.75) is 52.6 Å². The fourth-order valence-corrected chi connectivity index (χ4v) is 4.66. The van der Waals surface area contributed by atoms with Crippen LogP contribution in [-0.2, 0) is 25.8 Å². The number of methoxy groups -OCH3 is 1. The van der Waals surface area contributed by atoms with Crippen molar-refractivity contribution < 1.29 is 38.3 Å². The Hall–Kier alpha value is -4.64. The third-order valence-corrected chi connectivity index (χ3v) is 6.94. The number of carbonyl (C=O) groups is 4. The first-order chi connectivity index (χ1) is 20.8. The molecule has 0 saturated heterocycles. The Balaban J connectivity index is 1.58. The normalized spacial score (nSPS) is 12.2. The molecule has 0 unspecified atom stereocenters. The summed E-state index contributed by atoms with van der Waals surface area (Å²) in [5.41, 5.74) is 3.89. The maximum Gasteiger partial charge on any atom is 0.338 e. The van der Waals surface area contributed by atoms with Crippen LogP contribution in [0.1, 0.15) is 72.4 Å². The smallest absolute Gasteiger partial charge is 0.338 e. The highest BCUT2D eigenvalue weighted by Crippen LogP contribution is 2.28. The second-order valence-corrected chi connectivity index (χ2v) is 10.0. The van der Waals surface area contributed by atoms with Crippen molar-refractivity contribution in [3.05, 3.63) is 77.6 Å². The Morgan fingerprint density at radius 1 is 0.907 bits per heavy atom. The molecular weight excluding hydrogens is 554 g/mol. The summed E-state index contributed by atoms with van der Waals surface area (Å²) in [4.78, 5) is 56.2. The molecule has 4 N–H and O–H groups in total. The predicted octanol–water partition coefficient (Wildman–Crippen LogP) is 4.71. The molecular formula is C32H39N3O8. The number of phenolic OH excluding ortho intramolecular Hbond substituents is 1. The number of hydrogen-bond acceptors (Lipinski definition) is 8. The summed E-state index contributed by atoms with van der Waals surface area (Å²) in [6, 6.07) is 16.5. The Kier molecular flexibility index (Phi) is 12.8. The maximum absolute atomic E-state index is 13.2. The molecule has 2 aromatic carbocycles. The molecule has 0 aliphatic heterocycles. The SMILES string of the molecule is CCCCC[C@@H](C(=O)NCNC(=O)c1ccc(-c2cc(O)cc(C(=O)OC)c2)o1)[C@@H](CC)C(=O)NOCc1ccccc1. The van der Waals surface area contributed by atoms with Crippen molar-refractivity contribution in [1.82, 2.24) is 16.1 Å². The van der Waals surface area contributed by atoms with E-state index in [-0.39, 0.29) is 47.9 Å². The zero-order valence-electron chi connectivity index (χ0n) is 24.7. The standard InChI is InChI=1S/C32H39N3O8/c1-4-6-8-13-26(25(5-2)30(38)35-42-19-21-11-9-7-10-12-21)29(37)33-20-34-31(39)28-15-14-27(43-28)22-16-23(32(40)41-3)18-24(36)17-22/h7,9-12,14-18,25-26,36H,4-6,8,13,19-20H2,1-3H3,(H,33,37)(H,34,39)(H,35,38)/t25-,26-/m1/s1. The van der Waals surface area contributed by atoms with E-state index >= 15 is 0 Å². The van der Waals surface area contributed by atoms with E-state index in [2.05, 4.69) is 23.0 Å². The number of hydrogen-bond donors (Lipinski definition) is 4. The summed E-state index contributed by atoms with van der Waals surface area (Å²) >= 11 is 0. The molecule has 11 heteroatoms. The number of amides is 3. The van der Waals surface area contributed by atoms with Crippen LogP contribution in [0.5, 0.6) is 5.75 Å². The van der Waals surface area contributed by atoms with Crippen LogP contribution in [0.4, 0.5) is 0 Å². The Morgan fingerprint density at radius 2 is 1.67 bits per heavy atom. The van der Waals surface area contributed by atoms with E-state index in [1.165, 1.54) is 37.4 Å². The molecule has 0 aliphatic carbocycles. The van der Waals surface area contributed by atoms with E-state index in [0.717, 1.165) is 24.8 Å². The lowest BCUT2D eigenvalue weighted by Gasteiger charge is -2.24. The maximum atomic E-state index is 13.2. The number of phenols is 1. The van der Waals surface area contributed by atoms with E-state index in [9.17, 15) is 24.3 Å². The monoisotopic (exact) mass is 593 g/mol. The lowest BCUT2D eigenvalue weighted by atomic mass is 9.84. The van der Waals surface area contributed by atoms with Crippen LogP contribution in [-0.4, -0.2) is 42.6 Å². The number of ether oxygens (including phenoxy) is 1. The molecule has 1 heterocycles. The van der Waals surface area contributed by atoms with Crippen molar-refractivity contribution in [2.24, 2.45) is 11.8 Å². The van der Waals surface area contributed by atoms with E-state index in [0.29, 0.717) is 18.4 Å². The number of carbonyl (C=O) groups excluding carboxylic acids is 4. The number of furan rings is 1. The first-order valence-electron chi connectivity index (χ1n) is 14.3. The van der Waals surface area contributed by atoms with Gasteiger partial charge in [0.25, 0.3) is 5.91 Å². The predicted molar refractivity (Wildman–Crippen MR) is 158 cm³/mol. The highest BCUT2D eigenvalue weighted by atomic mass is 16.6. The molecule has 43 heavy (non-hydrogen) atoms. The molecule has 0 radical (unpaired) electrons. The summed E-state index contributed by atoms with van der Waals surface area (Å²) in [5, 5.41) is 15.3. The molecule has 2 atom stereocenters. The highest BCUT2D eigenvalue weighted by molar-refractivity contribution is 5.93. The van der Waals surface area contributed by atoms with Crippen molar-refractivity contribution in [2.75, 3.05) is 13.8 Å². The van der Waals surface area contributed by atoms with Gasteiger partial charge in [0.2, 0.25) is 11.8 Å². The number of hydroxylamine groups is 1. The van der Waals surface area contributed by atoms with E-state index in [1.54, 1.807) is 0 Å². The van der Waals surface area contributed by atoms with Crippen LogP contribution in [0.25, 0.3) is 11.3 Å². The summed E-state index contributed by atoms with van der Waals surface area (Å²) in [6.45, 7) is 3.93. The molecule has 3 rings (SSSR count). The van der Waals surface area contributed by atoms with Gasteiger partial charge in [0.15, 0.2) is 5.76 Å². The van der Waals surface area contributed by atoms with Gasteiger partial charge in [-0.15, -0.1) is 0 Å². The van der Waals surface area contributed by atoms with E-state index in [1.807, 2.05) is 37.3 Å². The number of esters is 1. The van der Waals surface area contributed by atoms with Crippen molar-refractivity contribution in [3.63, 3.8) is 0 Å². The van der Waals surface area contributed by atoms with Gasteiger partial charge in [-0.2, -0.15) is 0 Å². The van der Waals surface area contributed by atoms with Gasteiger partial charge < -0.3 is 24.9 Å². The second kappa shape index (κ2) is 16.7. The van der Waals surface area contributed by atoms with Crippen LogP contribution < -0.4 is 16.1 Å². The number of benzene rings is 2. The topological polar surface area (TPSA) is 156 Å². The van der Waals surface area contributed by atoms with Crippen LogP contribution in [0, 0.1) is 11.8 Å². The average Bonchev–Trinajstić information content (AvgIpc) is 3.51. The largest absolute Gasteiger partial charge is 0.508 e. The molecule has 230 valence electrons. The number of aromatic hydroxyl groups is 1. The van der Waals surface area contributed by atoms with Crippen LogP contribution in [0.2, 0.25) is 0 Å². The van der Waals surface area contributed by atoms with Gasteiger partial charge in [0, 0.05) is 11.5 Å². The third-order valence-electron chi connectivity index (χ3n) is 6.94. The first kappa shape index (κ1) is 32.9. The van der Waals surface area contributed by atoms with Gasteiger partial charge in [-0.25, -0.2) is 10.3 Å². The van der Waals surface area contributed by atoms with Crippen LogP contribution in [0.15, 0.2) is 65.1 Å². The van der Waals surface area contributed by atoms with Crippen molar-refractivity contribution >= 4 is 23.7 Å². The molecule has 3 aromatic rings. The zero-order chi connectivity index (χ0) is 31.2. The molecule has 0 bridgehead atoms. The molecule has 1 aromatic heterocycles. The quantitative estimate of drug-likeness (QED) is 0.0805. The number of nitrogens with one attached hydrogen (secondary N) is 3. The first-order valence-corrected chi connectivity index (χ1v) is 14.3. The van der Waals surface area contributed by atoms with Crippen LogP contribution in [0.3, 0.4) is 0 Å². The van der Waals surface area contributed by atoms with Crippen molar-refractivity contribution in [1.29, 1.82) is 0 Å². The van der Waals surface area contributed by atoms with Gasteiger partial charge in [-0.1, -0.05) is 63.4 Å². The molecule has 0 aliphatic rings. The highest BCUT2D eigenvalue weighted by Gasteiger charge is 2.32. The van der Waals surface area contributed by atoms with Crippen LogP contribution >= 0.6 is 0 Å². The molecule has 0 saturated carbocycles. The van der Waals surface area contributed by atoms with Gasteiger partial charge in [0.1, 0.15) is 11.5 Å². The summed E-state index contributed by atoms with van der Waals surface area (Å²) in [6.07, 6.45) is 3.60. The van der Waals surface area contributed by atoms with E-state index < -0.39 is 23.7 Å². The average molecular weight is 594 g/mol. The van der Waals surface area contributed by atoms with Crippen molar-refractivity contribution in [3.8, 4) is 17.1 Å². The van der Waals surface area contributed by atoms with Gasteiger partial charge in [0.05, 0.1) is 31.9 Å². The second-order valence-electron chi connectivity index (χ2n) is 10.0. The Labute approximate surface area is 250 Å². The Bertz CT molecular complexity index is 1370. The number of unbranched alkanes of at least 4 members (excludes halogenated alkanes) is 2. The Morgan fingerprint density at radius 3 is 2.37 bits per heavy atom. The van der Waals surface area contributed by atoms with Gasteiger partial charge in [-0.3, -0.25) is 19.2 Å². The molecule has 0 spiro atoms. The molecule has 3 amide bonds. The lowest BCUT2D eigenvalue weighted by molar-refractivity contribution is -0.144. The van der Waals surface area contributed by atoms with Gasteiger partial charge in [-0.05, 0) is 48.7 Å². The summed E-state index contributed by atoms with van der Waals surface area (Å²) < 4.78 is 10.3. The lowest BCUT2D eigenvalue weighted by Crippen LogP contribution is -2.45. The number of rotatable bonds is 16. The third kappa shape index (κ3) is 9.71. The summed E-state index contributed by atoms with van der Waals surface area (Å²) in [7, 11) is 1.23. The van der Waals surface area contributed by atoms with E-state index in [4.69, 9.17) is 14.0 Å². The fourth-order valence-electron chi connectivity index (χ4n) is 4.66. The minimum Gasteiger partial charge on any atom is -0.508 e. The summed E-state index contributed by atoms with van der Waals surface area (Å²) in [5.74, 6) is -3.12. The fraction of sp³-hybridized carbons (Fsp3) is 0.375. The molecule has 0 fully saturated rings. The zero-order valence-corrected chi connectivity index (χ0v) is 24.7. The van der Waals surface area contributed by atoms with Gasteiger partial charge >= 0.3 is 5.97 Å². The minimum atomic E-state index is -0.632. The minimum absolute atomic E-state index is 0.0342. The molecule has 11 nitrogen and oxygen atoms in total.